The molecule has 1 N–H and O–H groups in total. The second kappa shape index (κ2) is 7.38. The number of rotatable bonds is 7. The van der Waals surface area contributed by atoms with Crippen LogP contribution in [0.25, 0.3) is 0 Å². The van der Waals surface area contributed by atoms with E-state index in [4.69, 9.17) is 13.9 Å². The summed E-state index contributed by atoms with van der Waals surface area (Å²) in [5.41, 5.74) is 0.999. The average molecular weight is 289 g/mol. The molecule has 1 aromatic carbocycles. The summed E-state index contributed by atoms with van der Waals surface area (Å²) in [5, 5.41) is 2.82. The summed E-state index contributed by atoms with van der Waals surface area (Å²) in [6, 6.07) is 9.24. The van der Waals surface area contributed by atoms with E-state index < -0.39 is 0 Å². The van der Waals surface area contributed by atoms with E-state index >= 15 is 0 Å². The third-order valence-corrected chi connectivity index (χ3v) is 3.09. The number of amides is 1. The van der Waals surface area contributed by atoms with Gasteiger partial charge in [-0.3, -0.25) is 4.79 Å². The number of methoxy groups -OCH3 is 2. The molecule has 0 atom stereocenters. The number of ether oxygens (including phenoxy) is 2. The van der Waals surface area contributed by atoms with Crippen molar-refractivity contribution >= 4 is 5.91 Å². The predicted molar refractivity (Wildman–Crippen MR) is 78.4 cm³/mol. The van der Waals surface area contributed by atoms with Crippen LogP contribution in [-0.4, -0.2) is 20.1 Å². The average Bonchev–Trinajstić information content (AvgIpc) is 3.03. The van der Waals surface area contributed by atoms with Gasteiger partial charge in [-0.1, -0.05) is 0 Å². The molecular formula is C16H19NO4. The van der Waals surface area contributed by atoms with Gasteiger partial charge in [-0.15, -0.1) is 0 Å². The molecule has 0 aliphatic carbocycles. The normalized spacial score (nSPS) is 10.2. The largest absolute Gasteiger partial charge is 0.497 e. The lowest BCUT2D eigenvalue weighted by Crippen LogP contribution is -2.22. The first-order chi connectivity index (χ1) is 10.2. The molecule has 0 saturated carbocycles. The van der Waals surface area contributed by atoms with Gasteiger partial charge in [-0.25, -0.2) is 0 Å². The fraction of sp³-hybridized carbons (Fsp3) is 0.312. The zero-order valence-electron chi connectivity index (χ0n) is 12.2. The van der Waals surface area contributed by atoms with Crippen LogP contribution in [0.2, 0.25) is 0 Å². The van der Waals surface area contributed by atoms with Crippen LogP contribution < -0.4 is 14.8 Å². The summed E-state index contributed by atoms with van der Waals surface area (Å²) >= 11 is 0. The van der Waals surface area contributed by atoms with Crippen LogP contribution in [0, 0.1) is 0 Å². The smallest absolute Gasteiger partial charge is 0.220 e. The van der Waals surface area contributed by atoms with E-state index in [2.05, 4.69) is 5.32 Å². The van der Waals surface area contributed by atoms with Gasteiger partial charge in [0.15, 0.2) is 0 Å². The molecule has 0 aliphatic heterocycles. The van der Waals surface area contributed by atoms with Crippen molar-refractivity contribution in [3.8, 4) is 11.5 Å². The number of furan rings is 1. The van der Waals surface area contributed by atoms with Crippen molar-refractivity contribution in [2.75, 3.05) is 14.2 Å². The minimum Gasteiger partial charge on any atom is -0.497 e. The lowest BCUT2D eigenvalue weighted by molar-refractivity contribution is -0.121. The molecule has 112 valence electrons. The van der Waals surface area contributed by atoms with Crippen molar-refractivity contribution in [3.05, 3.63) is 47.9 Å². The first-order valence-electron chi connectivity index (χ1n) is 6.72. The Hall–Kier alpha value is -2.43. The van der Waals surface area contributed by atoms with E-state index in [1.165, 1.54) is 0 Å². The van der Waals surface area contributed by atoms with Crippen LogP contribution in [0.4, 0.5) is 0 Å². The van der Waals surface area contributed by atoms with Crippen molar-refractivity contribution in [3.63, 3.8) is 0 Å². The van der Waals surface area contributed by atoms with Crippen molar-refractivity contribution in [1.29, 1.82) is 0 Å². The Morgan fingerprint density at radius 1 is 1.19 bits per heavy atom. The molecule has 5 heteroatoms. The van der Waals surface area contributed by atoms with E-state index in [0.717, 1.165) is 22.8 Å². The van der Waals surface area contributed by atoms with Crippen LogP contribution in [0.3, 0.4) is 0 Å². The summed E-state index contributed by atoms with van der Waals surface area (Å²) in [4.78, 5) is 11.8. The van der Waals surface area contributed by atoms with Gasteiger partial charge in [-0.2, -0.15) is 0 Å². The molecule has 1 aromatic heterocycles. The summed E-state index contributed by atoms with van der Waals surface area (Å²) < 4.78 is 15.6. The molecule has 0 unspecified atom stereocenters. The summed E-state index contributed by atoms with van der Waals surface area (Å²) in [5.74, 6) is 2.17. The lowest BCUT2D eigenvalue weighted by Gasteiger charge is -2.08. The first-order valence-corrected chi connectivity index (χ1v) is 6.72. The van der Waals surface area contributed by atoms with Crippen molar-refractivity contribution in [1.82, 2.24) is 5.32 Å². The van der Waals surface area contributed by atoms with Gasteiger partial charge < -0.3 is 19.2 Å². The van der Waals surface area contributed by atoms with E-state index in [1.54, 1.807) is 32.6 Å². The maximum absolute atomic E-state index is 11.8. The first kappa shape index (κ1) is 15.0. The molecule has 0 bridgehead atoms. The maximum atomic E-state index is 11.8. The zero-order chi connectivity index (χ0) is 15.1. The Labute approximate surface area is 123 Å². The Kier molecular flexibility index (Phi) is 5.26. The Morgan fingerprint density at radius 3 is 2.48 bits per heavy atom. The van der Waals surface area contributed by atoms with E-state index in [-0.39, 0.29) is 5.91 Å². The number of hydrogen-bond acceptors (Lipinski definition) is 4. The third-order valence-electron chi connectivity index (χ3n) is 3.09. The Morgan fingerprint density at radius 2 is 1.90 bits per heavy atom. The van der Waals surface area contributed by atoms with Crippen molar-refractivity contribution < 1.29 is 18.7 Å². The van der Waals surface area contributed by atoms with Gasteiger partial charge >= 0.3 is 0 Å². The van der Waals surface area contributed by atoms with Gasteiger partial charge in [0.2, 0.25) is 5.91 Å². The van der Waals surface area contributed by atoms with Crippen molar-refractivity contribution in [2.45, 2.75) is 19.4 Å². The number of nitrogens with one attached hydrogen (secondary N) is 1. The van der Waals surface area contributed by atoms with Crippen LogP contribution in [0.5, 0.6) is 11.5 Å². The molecule has 0 saturated heterocycles. The van der Waals surface area contributed by atoms with Gasteiger partial charge in [-0.05, 0) is 36.2 Å². The van der Waals surface area contributed by atoms with E-state index in [0.29, 0.717) is 19.4 Å². The lowest BCUT2D eigenvalue weighted by atomic mass is 10.1. The zero-order valence-corrected chi connectivity index (χ0v) is 12.2. The van der Waals surface area contributed by atoms with Gasteiger partial charge in [0, 0.05) is 12.5 Å². The molecule has 2 aromatic rings. The summed E-state index contributed by atoms with van der Waals surface area (Å²) in [6.07, 6.45) is 2.61. The highest BCUT2D eigenvalue weighted by molar-refractivity contribution is 5.76. The minimum atomic E-state index is -0.0202. The van der Waals surface area contributed by atoms with Crippen LogP contribution in [0.1, 0.15) is 17.7 Å². The van der Waals surface area contributed by atoms with E-state index in [9.17, 15) is 4.79 Å². The quantitative estimate of drug-likeness (QED) is 0.851. The molecule has 1 amide bonds. The highest BCUT2D eigenvalue weighted by Crippen LogP contribution is 2.23. The Bertz CT molecular complexity index is 556. The van der Waals surface area contributed by atoms with Crippen LogP contribution >= 0.6 is 0 Å². The molecule has 21 heavy (non-hydrogen) atoms. The third kappa shape index (κ3) is 4.56. The summed E-state index contributed by atoms with van der Waals surface area (Å²) in [7, 11) is 3.21. The number of benzene rings is 1. The van der Waals surface area contributed by atoms with E-state index in [1.807, 2.05) is 18.2 Å². The van der Waals surface area contributed by atoms with Gasteiger partial charge in [0.25, 0.3) is 0 Å². The molecule has 1 heterocycles. The fourth-order valence-electron chi connectivity index (χ4n) is 1.96. The fourth-order valence-corrected chi connectivity index (χ4v) is 1.96. The van der Waals surface area contributed by atoms with Crippen LogP contribution in [0.15, 0.2) is 41.0 Å². The standard InChI is InChI=1S/C16H19NO4/c1-19-14-8-12(9-15(10-14)20-2)5-6-16(18)17-11-13-4-3-7-21-13/h3-4,7-10H,5-6,11H2,1-2H3,(H,17,18). The number of carbonyl (C=O) groups is 1. The molecular weight excluding hydrogens is 270 g/mol. The second-order valence-corrected chi connectivity index (χ2v) is 4.58. The minimum absolute atomic E-state index is 0.0202. The number of aryl methyl sites for hydroxylation is 1. The molecule has 0 fully saturated rings. The highest BCUT2D eigenvalue weighted by atomic mass is 16.5. The monoisotopic (exact) mass is 289 g/mol. The SMILES string of the molecule is COc1cc(CCC(=O)NCc2ccco2)cc(OC)c1. The van der Waals surface area contributed by atoms with Gasteiger partial charge in [0.1, 0.15) is 17.3 Å². The molecule has 2 rings (SSSR count). The molecule has 0 radical (unpaired) electrons. The van der Waals surface area contributed by atoms with Crippen molar-refractivity contribution in [2.24, 2.45) is 0 Å². The maximum Gasteiger partial charge on any atom is 0.220 e. The second-order valence-electron chi connectivity index (χ2n) is 4.58. The Balaban J connectivity index is 1.85. The molecule has 0 aliphatic rings. The number of carbonyl (C=O) groups excluding carboxylic acids is 1. The van der Waals surface area contributed by atoms with Gasteiger partial charge in [0.05, 0.1) is 27.0 Å². The molecule has 0 spiro atoms. The van der Waals surface area contributed by atoms with Crippen LogP contribution in [-0.2, 0) is 17.8 Å². The highest BCUT2D eigenvalue weighted by Gasteiger charge is 2.06. The summed E-state index contributed by atoms with van der Waals surface area (Å²) in [6.45, 7) is 0.410. The molecule has 5 nitrogen and oxygen atoms in total. The predicted octanol–water partition coefficient (Wildman–Crippen LogP) is 2.55. The topological polar surface area (TPSA) is 60.7 Å². The number of hydrogen-bond donors (Lipinski definition) is 1.